The Hall–Kier alpha value is -4.83. The van der Waals surface area contributed by atoms with E-state index in [-0.39, 0.29) is 36.8 Å². The van der Waals surface area contributed by atoms with Crippen LogP contribution in [0.5, 0.6) is 0 Å². The van der Waals surface area contributed by atoms with E-state index in [1.165, 1.54) is 12.1 Å². The Bertz CT molecular complexity index is 1970. The van der Waals surface area contributed by atoms with Crippen molar-refractivity contribution in [3.63, 3.8) is 0 Å². The third-order valence-corrected chi connectivity index (χ3v) is 9.24. The molecule has 248 valence electrons. The highest BCUT2D eigenvalue weighted by Crippen LogP contribution is 2.39. The van der Waals surface area contributed by atoms with Crippen LogP contribution in [0.2, 0.25) is 5.02 Å². The van der Waals surface area contributed by atoms with E-state index in [2.05, 4.69) is 46.5 Å². The van der Waals surface area contributed by atoms with Gasteiger partial charge in [-0.05, 0) is 77.2 Å². The molecule has 1 aliphatic heterocycles. The van der Waals surface area contributed by atoms with Crippen molar-refractivity contribution in [3.8, 4) is 16.8 Å². The number of thiophene rings is 1. The van der Waals surface area contributed by atoms with Crippen molar-refractivity contribution in [3.05, 3.63) is 91.8 Å². The number of benzene rings is 2. The van der Waals surface area contributed by atoms with E-state index in [1.807, 2.05) is 54.8 Å². The number of carbonyl (C=O) groups excluding carboxylic acids is 2. The van der Waals surface area contributed by atoms with E-state index in [0.717, 1.165) is 32.3 Å². The van der Waals surface area contributed by atoms with E-state index in [1.54, 1.807) is 17.4 Å². The van der Waals surface area contributed by atoms with Crippen molar-refractivity contribution in [2.24, 2.45) is 4.99 Å². The number of aromatic nitrogens is 3. The summed E-state index contributed by atoms with van der Waals surface area (Å²) in [5, 5.41) is 25.6. The van der Waals surface area contributed by atoms with Crippen LogP contribution in [0.4, 0.5) is 5.69 Å². The number of fused-ring (bicyclic) bond motifs is 3. The van der Waals surface area contributed by atoms with Crippen molar-refractivity contribution >= 4 is 52.1 Å². The lowest BCUT2D eigenvalue weighted by Crippen LogP contribution is -2.27. The number of amides is 2. The maximum Gasteiger partial charge on any atom is 0.336 e. The number of carboxylic acids is 1. The van der Waals surface area contributed by atoms with Gasteiger partial charge in [0.15, 0.2) is 5.82 Å². The average molecular weight is 686 g/mol. The minimum absolute atomic E-state index is 0.0436. The summed E-state index contributed by atoms with van der Waals surface area (Å²) in [6, 6.07) is 11.4. The molecule has 0 radical (unpaired) electrons. The number of aromatic carboxylic acids is 1. The summed E-state index contributed by atoms with van der Waals surface area (Å²) >= 11 is 7.84. The number of aliphatic imine (C=N–C) groups is 1. The van der Waals surface area contributed by atoms with Crippen LogP contribution in [0.3, 0.4) is 0 Å². The molecule has 2 aromatic heterocycles. The largest absolute Gasteiger partial charge is 0.478 e. The summed E-state index contributed by atoms with van der Waals surface area (Å²) in [4.78, 5) is 45.7. The highest BCUT2D eigenvalue weighted by Gasteiger charge is 2.32. The lowest BCUT2D eigenvalue weighted by Gasteiger charge is -2.13. The SMILES string of the molecule is Cc1sc2c(c1C)C(c1ccc(Cl)cc1)=N[C@@H](CC(=O)NCCCC(=O)Nc1ccc(C(=O)O)c(C#CCN(C)C)c1)c1nnc(C)n1-2. The molecule has 0 aliphatic carbocycles. The monoisotopic (exact) mass is 685 g/mol. The standard InChI is InChI=1S/C35H36ClN7O4S/c1-20-21(2)48-34-31(20)32(23-10-12-25(36)13-11-23)39-28(33-41-40-22(3)43(33)34)19-30(45)37-16-6-9-29(44)38-26-14-15-27(35(46)47)24(18-26)8-7-17-42(4)5/h10-15,18,28H,6,9,16-17,19H2,1-5H3,(H,37,45)(H,38,44)(H,46,47)/t28-/m0/s1. The Morgan fingerprint density at radius 2 is 1.81 bits per heavy atom. The quantitative estimate of drug-likeness (QED) is 0.151. The van der Waals surface area contributed by atoms with E-state index in [9.17, 15) is 19.5 Å². The zero-order chi connectivity index (χ0) is 34.5. The normalized spacial score (nSPS) is 13.5. The second-order valence-electron chi connectivity index (χ2n) is 11.7. The molecule has 0 saturated carbocycles. The van der Waals surface area contributed by atoms with Crippen LogP contribution in [0, 0.1) is 32.6 Å². The smallest absolute Gasteiger partial charge is 0.336 e. The molecule has 2 aromatic carbocycles. The molecule has 3 N–H and O–H groups in total. The van der Waals surface area contributed by atoms with Crippen molar-refractivity contribution < 1.29 is 19.5 Å². The molecule has 48 heavy (non-hydrogen) atoms. The summed E-state index contributed by atoms with van der Waals surface area (Å²) in [5.41, 5.74) is 4.59. The van der Waals surface area contributed by atoms with Crippen LogP contribution in [-0.4, -0.2) is 75.5 Å². The average Bonchev–Trinajstić information content (AvgIpc) is 3.51. The van der Waals surface area contributed by atoms with Crippen molar-refractivity contribution in [2.75, 3.05) is 32.5 Å². The summed E-state index contributed by atoms with van der Waals surface area (Å²) in [6.07, 6.45) is 0.592. The van der Waals surface area contributed by atoms with Gasteiger partial charge in [0.2, 0.25) is 11.8 Å². The van der Waals surface area contributed by atoms with Gasteiger partial charge >= 0.3 is 5.97 Å². The van der Waals surface area contributed by atoms with Gasteiger partial charge in [0.1, 0.15) is 16.9 Å². The number of halogens is 1. The Labute approximate surface area is 288 Å². The van der Waals surface area contributed by atoms with Gasteiger partial charge in [0.05, 0.1) is 24.2 Å². The maximum atomic E-state index is 13.2. The summed E-state index contributed by atoms with van der Waals surface area (Å²) in [5.74, 6) is 5.52. The molecule has 0 fully saturated rings. The van der Waals surface area contributed by atoms with Crippen molar-refractivity contribution in [2.45, 2.75) is 46.1 Å². The summed E-state index contributed by atoms with van der Waals surface area (Å²) in [7, 11) is 3.73. The third-order valence-electron chi connectivity index (χ3n) is 7.79. The van der Waals surface area contributed by atoms with Gasteiger partial charge in [-0.1, -0.05) is 35.6 Å². The number of nitrogens with zero attached hydrogens (tertiary/aromatic N) is 5. The number of hydrogen-bond donors (Lipinski definition) is 3. The van der Waals surface area contributed by atoms with E-state index in [0.29, 0.717) is 40.9 Å². The highest BCUT2D eigenvalue weighted by atomic mass is 35.5. The number of carboxylic acid groups (broad SMARTS) is 1. The maximum absolute atomic E-state index is 13.2. The second kappa shape index (κ2) is 14.9. The van der Waals surface area contributed by atoms with Gasteiger partial charge in [0.25, 0.3) is 0 Å². The second-order valence-corrected chi connectivity index (χ2v) is 13.4. The van der Waals surface area contributed by atoms with Gasteiger partial charge in [0, 0.05) is 45.2 Å². The van der Waals surface area contributed by atoms with Gasteiger partial charge in [-0.15, -0.1) is 21.5 Å². The van der Waals surface area contributed by atoms with Crippen LogP contribution in [0.25, 0.3) is 5.00 Å². The number of anilines is 1. The Kier molecular flexibility index (Phi) is 10.7. The number of aryl methyl sites for hydroxylation is 2. The molecule has 0 spiro atoms. The molecule has 0 unspecified atom stereocenters. The number of hydrogen-bond acceptors (Lipinski definition) is 8. The molecule has 1 aliphatic rings. The van der Waals surface area contributed by atoms with Gasteiger partial charge in [-0.25, -0.2) is 4.79 Å². The molecular weight excluding hydrogens is 650 g/mol. The first-order chi connectivity index (χ1) is 22.9. The Morgan fingerprint density at radius 1 is 1.06 bits per heavy atom. The first kappa shape index (κ1) is 34.5. The molecule has 1 atom stereocenters. The molecule has 0 saturated heterocycles. The molecule has 0 bridgehead atoms. The summed E-state index contributed by atoms with van der Waals surface area (Å²) < 4.78 is 2.00. The molecule has 2 amide bonds. The number of carbonyl (C=O) groups is 3. The molecule has 11 nitrogen and oxygen atoms in total. The fourth-order valence-corrected chi connectivity index (χ4v) is 6.63. The lowest BCUT2D eigenvalue weighted by atomic mass is 9.99. The zero-order valence-electron chi connectivity index (χ0n) is 27.3. The van der Waals surface area contributed by atoms with E-state index < -0.39 is 12.0 Å². The van der Waals surface area contributed by atoms with E-state index in [4.69, 9.17) is 16.6 Å². The van der Waals surface area contributed by atoms with Gasteiger partial charge < -0.3 is 15.7 Å². The van der Waals surface area contributed by atoms with Crippen LogP contribution in [0.1, 0.15) is 74.4 Å². The van der Waals surface area contributed by atoms with Gasteiger partial charge in [-0.3, -0.25) is 24.0 Å². The highest BCUT2D eigenvalue weighted by molar-refractivity contribution is 7.15. The fourth-order valence-electron chi connectivity index (χ4n) is 5.29. The minimum Gasteiger partial charge on any atom is -0.478 e. The molecule has 3 heterocycles. The van der Waals surface area contributed by atoms with Crippen molar-refractivity contribution in [1.29, 1.82) is 0 Å². The zero-order valence-corrected chi connectivity index (χ0v) is 28.9. The predicted octanol–water partition coefficient (Wildman–Crippen LogP) is 5.34. The van der Waals surface area contributed by atoms with Crippen LogP contribution < -0.4 is 10.6 Å². The van der Waals surface area contributed by atoms with Crippen LogP contribution in [-0.2, 0) is 9.59 Å². The minimum atomic E-state index is -1.09. The first-order valence-corrected chi connectivity index (χ1v) is 16.6. The first-order valence-electron chi connectivity index (χ1n) is 15.4. The van der Waals surface area contributed by atoms with Crippen molar-refractivity contribution in [1.82, 2.24) is 25.0 Å². The summed E-state index contributed by atoms with van der Waals surface area (Å²) in [6.45, 7) is 6.78. The fraction of sp³-hybridized carbons (Fsp3) is 0.314. The lowest BCUT2D eigenvalue weighted by molar-refractivity contribution is -0.122. The number of nitrogens with one attached hydrogen (secondary N) is 2. The predicted molar refractivity (Wildman–Crippen MR) is 188 cm³/mol. The van der Waals surface area contributed by atoms with Gasteiger partial charge in [-0.2, -0.15) is 0 Å². The molecule has 5 rings (SSSR count). The molecule has 4 aromatic rings. The van der Waals surface area contributed by atoms with Crippen LogP contribution >= 0.6 is 22.9 Å². The molecule has 13 heteroatoms. The van der Waals surface area contributed by atoms with Crippen LogP contribution in [0.15, 0.2) is 47.5 Å². The topological polar surface area (TPSA) is 142 Å². The third kappa shape index (κ3) is 7.82. The van der Waals surface area contributed by atoms with E-state index >= 15 is 0 Å². The number of rotatable bonds is 10. The molecular formula is C35H36ClN7O4S. The Balaban J connectivity index is 1.24. The Morgan fingerprint density at radius 3 is 2.52 bits per heavy atom.